The number of para-hydroxylation sites is 1. The fourth-order valence-corrected chi connectivity index (χ4v) is 3.75. The third kappa shape index (κ3) is 3.19. The summed E-state index contributed by atoms with van der Waals surface area (Å²) in [6, 6.07) is 27.2. The summed E-state index contributed by atoms with van der Waals surface area (Å²) in [4.78, 5) is 14.3. The van der Waals surface area contributed by atoms with E-state index in [9.17, 15) is 4.79 Å². The maximum Gasteiger partial charge on any atom is 0.266 e. The summed E-state index contributed by atoms with van der Waals surface area (Å²) in [5.74, 6) is -0.103. The Morgan fingerprint density at radius 3 is 2.24 bits per heavy atom. The fraction of sp³-hybridized carbons (Fsp3) is 0.0500. The molecule has 0 radical (unpaired) electrons. The van der Waals surface area contributed by atoms with Crippen molar-refractivity contribution in [2.45, 2.75) is 10.1 Å². The molecule has 0 spiro atoms. The van der Waals surface area contributed by atoms with Crippen LogP contribution in [0.2, 0.25) is 0 Å². The van der Waals surface area contributed by atoms with Crippen molar-refractivity contribution < 1.29 is 4.79 Å². The molecule has 0 N–H and O–H groups in total. The minimum atomic E-state index is -0.395. The number of carbonyl (C=O) groups excluding carboxylic acids is 1. The molecule has 5 heteroatoms. The second-order valence-corrected chi connectivity index (χ2v) is 6.73. The summed E-state index contributed by atoms with van der Waals surface area (Å²) in [6.45, 7) is 0. The lowest BCUT2D eigenvalue weighted by Crippen LogP contribution is -2.19. The average molecular weight is 345 g/mol. The van der Waals surface area contributed by atoms with Gasteiger partial charge in [0.1, 0.15) is 10.8 Å². The monoisotopic (exact) mass is 345 g/mol. The SMILES string of the molecule is O=C(C(Sc1ccccc1)c1ccccc1)n1nnc2ccccc21. The Morgan fingerprint density at radius 2 is 1.48 bits per heavy atom. The Balaban J connectivity index is 1.76. The van der Waals surface area contributed by atoms with Gasteiger partial charge in [-0.25, -0.2) is 0 Å². The lowest BCUT2D eigenvalue weighted by Gasteiger charge is -2.16. The Bertz CT molecular complexity index is 999. The van der Waals surface area contributed by atoms with Gasteiger partial charge < -0.3 is 0 Å². The Hall–Kier alpha value is -2.92. The van der Waals surface area contributed by atoms with Crippen LogP contribution in [0.4, 0.5) is 0 Å². The number of hydrogen-bond donors (Lipinski definition) is 0. The van der Waals surface area contributed by atoms with Crippen molar-refractivity contribution in [2.24, 2.45) is 0 Å². The molecule has 1 unspecified atom stereocenters. The normalized spacial score (nSPS) is 12.2. The van der Waals surface area contributed by atoms with E-state index < -0.39 is 5.25 Å². The van der Waals surface area contributed by atoms with Crippen LogP contribution in [0.1, 0.15) is 15.6 Å². The number of fused-ring (bicyclic) bond motifs is 1. The Morgan fingerprint density at radius 1 is 0.840 bits per heavy atom. The molecule has 25 heavy (non-hydrogen) atoms. The zero-order chi connectivity index (χ0) is 17.1. The smallest absolute Gasteiger partial charge is 0.266 e. The highest BCUT2D eigenvalue weighted by molar-refractivity contribution is 8.00. The summed E-state index contributed by atoms with van der Waals surface area (Å²) in [5.41, 5.74) is 2.38. The molecule has 0 bridgehead atoms. The lowest BCUT2D eigenvalue weighted by molar-refractivity contribution is 0.0898. The van der Waals surface area contributed by atoms with Gasteiger partial charge in [0.2, 0.25) is 0 Å². The highest BCUT2D eigenvalue weighted by Crippen LogP contribution is 2.36. The number of thioether (sulfide) groups is 1. The minimum Gasteiger partial charge on any atom is -0.271 e. The van der Waals surface area contributed by atoms with Crippen molar-refractivity contribution in [1.82, 2.24) is 15.0 Å². The van der Waals surface area contributed by atoms with Crippen molar-refractivity contribution in [1.29, 1.82) is 0 Å². The predicted molar refractivity (Wildman–Crippen MR) is 99.6 cm³/mol. The van der Waals surface area contributed by atoms with E-state index in [1.807, 2.05) is 84.9 Å². The van der Waals surface area contributed by atoms with Crippen molar-refractivity contribution in [3.8, 4) is 0 Å². The fourth-order valence-electron chi connectivity index (χ4n) is 2.67. The van der Waals surface area contributed by atoms with E-state index in [0.29, 0.717) is 5.52 Å². The molecule has 0 aliphatic rings. The second-order valence-electron chi connectivity index (χ2n) is 5.55. The summed E-state index contributed by atoms with van der Waals surface area (Å²) >= 11 is 1.52. The van der Waals surface area contributed by atoms with Crippen LogP contribution in [-0.2, 0) is 0 Å². The number of rotatable bonds is 4. The molecule has 0 aliphatic carbocycles. The van der Waals surface area contributed by atoms with Crippen LogP contribution in [0.5, 0.6) is 0 Å². The van der Waals surface area contributed by atoms with Gasteiger partial charge in [-0.05, 0) is 29.8 Å². The molecular weight excluding hydrogens is 330 g/mol. The van der Waals surface area contributed by atoms with Gasteiger partial charge in [-0.1, -0.05) is 65.9 Å². The van der Waals surface area contributed by atoms with E-state index in [1.165, 1.54) is 16.4 Å². The van der Waals surface area contributed by atoms with E-state index in [1.54, 1.807) is 0 Å². The molecular formula is C20H15N3OS. The van der Waals surface area contributed by atoms with Crippen LogP contribution in [0.15, 0.2) is 89.8 Å². The van der Waals surface area contributed by atoms with Gasteiger partial charge in [0.25, 0.3) is 5.91 Å². The molecule has 3 aromatic carbocycles. The van der Waals surface area contributed by atoms with Crippen molar-refractivity contribution in [3.63, 3.8) is 0 Å². The molecule has 0 aliphatic heterocycles. The second kappa shape index (κ2) is 6.91. The van der Waals surface area contributed by atoms with E-state index in [4.69, 9.17) is 0 Å². The van der Waals surface area contributed by atoms with Crippen molar-refractivity contribution in [3.05, 3.63) is 90.5 Å². The first kappa shape index (κ1) is 15.6. The molecule has 122 valence electrons. The maximum absolute atomic E-state index is 13.3. The van der Waals surface area contributed by atoms with Gasteiger partial charge in [0.15, 0.2) is 0 Å². The first-order chi connectivity index (χ1) is 12.3. The number of carbonyl (C=O) groups is 1. The van der Waals surface area contributed by atoms with Gasteiger partial charge in [-0.2, -0.15) is 4.68 Å². The topological polar surface area (TPSA) is 47.8 Å². The molecule has 1 aromatic heterocycles. The molecule has 1 heterocycles. The summed E-state index contributed by atoms with van der Waals surface area (Å²) < 4.78 is 1.41. The van der Waals surface area contributed by atoms with Crippen molar-refractivity contribution >= 4 is 28.7 Å². The standard InChI is InChI=1S/C20H15N3OS/c24-20(23-18-14-8-7-13-17(18)21-22-23)19(15-9-3-1-4-10-15)25-16-11-5-2-6-12-16/h1-14,19H. The van der Waals surface area contributed by atoms with Crippen LogP contribution >= 0.6 is 11.8 Å². The minimum absolute atomic E-state index is 0.103. The van der Waals surface area contributed by atoms with Crippen LogP contribution in [-0.4, -0.2) is 20.9 Å². The van der Waals surface area contributed by atoms with Crippen LogP contribution in [0.3, 0.4) is 0 Å². The van der Waals surface area contributed by atoms with E-state index in [2.05, 4.69) is 10.3 Å². The average Bonchev–Trinajstić information content (AvgIpc) is 3.11. The van der Waals surface area contributed by atoms with Crippen LogP contribution in [0.25, 0.3) is 11.0 Å². The van der Waals surface area contributed by atoms with Gasteiger partial charge >= 0.3 is 0 Å². The summed E-state index contributed by atoms with van der Waals surface area (Å²) in [6.07, 6.45) is 0. The molecule has 0 saturated heterocycles. The largest absolute Gasteiger partial charge is 0.271 e. The first-order valence-electron chi connectivity index (χ1n) is 7.94. The van der Waals surface area contributed by atoms with E-state index >= 15 is 0 Å². The highest BCUT2D eigenvalue weighted by atomic mass is 32.2. The van der Waals surface area contributed by atoms with Crippen LogP contribution < -0.4 is 0 Å². The summed E-state index contributed by atoms with van der Waals surface area (Å²) in [5, 5.41) is 7.80. The molecule has 0 fully saturated rings. The Kier molecular flexibility index (Phi) is 4.31. The summed E-state index contributed by atoms with van der Waals surface area (Å²) in [7, 11) is 0. The number of nitrogens with zero attached hydrogens (tertiary/aromatic N) is 3. The van der Waals surface area contributed by atoms with Gasteiger partial charge in [0, 0.05) is 4.90 Å². The molecule has 0 saturated carbocycles. The van der Waals surface area contributed by atoms with Crippen LogP contribution in [0, 0.1) is 0 Å². The molecule has 1 atom stereocenters. The van der Waals surface area contributed by atoms with Gasteiger partial charge in [-0.15, -0.1) is 16.9 Å². The molecule has 4 rings (SSSR count). The highest BCUT2D eigenvalue weighted by Gasteiger charge is 2.25. The van der Waals surface area contributed by atoms with Crippen molar-refractivity contribution in [2.75, 3.05) is 0 Å². The predicted octanol–water partition coefficient (Wildman–Crippen LogP) is 4.61. The third-order valence-corrected chi connectivity index (χ3v) is 5.14. The maximum atomic E-state index is 13.3. The van der Waals surface area contributed by atoms with Gasteiger partial charge in [-0.3, -0.25) is 4.79 Å². The molecule has 4 nitrogen and oxygen atoms in total. The number of hydrogen-bond acceptors (Lipinski definition) is 4. The first-order valence-corrected chi connectivity index (χ1v) is 8.82. The molecule has 4 aromatic rings. The van der Waals surface area contributed by atoms with E-state index in [0.717, 1.165) is 16.0 Å². The zero-order valence-electron chi connectivity index (χ0n) is 13.3. The zero-order valence-corrected chi connectivity index (χ0v) is 14.1. The third-order valence-electron chi connectivity index (χ3n) is 3.88. The van der Waals surface area contributed by atoms with Gasteiger partial charge in [0.05, 0.1) is 5.52 Å². The van der Waals surface area contributed by atoms with E-state index in [-0.39, 0.29) is 5.91 Å². The Labute approximate surface area is 149 Å². The lowest BCUT2D eigenvalue weighted by atomic mass is 10.1. The molecule has 0 amide bonds. The number of benzene rings is 3. The number of aromatic nitrogens is 3. The quantitative estimate of drug-likeness (QED) is 0.507.